The van der Waals surface area contributed by atoms with Gasteiger partial charge in [-0.1, -0.05) is 0 Å². The molecule has 6 nitrogen and oxygen atoms in total. The number of likely N-dealkylation sites (N-methyl/N-ethyl adjacent to an activating group) is 1. The summed E-state index contributed by atoms with van der Waals surface area (Å²) in [5.74, 6) is -3.21. The maximum Gasteiger partial charge on any atom is 0.341 e. The van der Waals surface area contributed by atoms with Crippen molar-refractivity contribution in [1.29, 1.82) is 0 Å². The molecule has 0 saturated heterocycles. The predicted molar refractivity (Wildman–Crippen MR) is 86.2 cm³/mol. The molecule has 0 fully saturated rings. The summed E-state index contributed by atoms with van der Waals surface area (Å²) in [7, 11) is -0.827. The lowest BCUT2D eigenvalue weighted by Crippen LogP contribution is -3.07. The van der Waals surface area contributed by atoms with E-state index in [2.05, 4.69) is 5.32 Å². The Morgan fingerprint density at radius 2 is 1.84 bits per heavy atom. The molecule has 0 unspecified atom stereocenters. The molecule has 0 spiro atoms. The Morgan fingerprint density at radius 1 is 1.20 bits per heavy atom. The normalized spacial score (nSPS) is 13.2. The van der Waals surface area contributed by atoms with Crippen LogP contribution in [0.5, 0.6) is 0 Å². The number of benzene rings is 1. The summed E-state index contributed by atoms with van der Waals surface area (Å²) < 4.78 is 53.1. The summed E-state index contributed by atoms with van der Waals surface area (Å²) >= 11 is 0. The number of alkyl halides is 2. The van der Waals surface area contributed by atoms with Crippen LogP contribution in [0.1, 0.15) is 22.2 Å². The Bertz CT molecular complexity index is 803. The number of carbonyl (C=O) groups is 1. The second-order valence-electron chi connectivity index (χ2n) is 5.69. The standard InChI is InChI=1S/C16H18F2N2O4S/c1-20(2)13(14-4-3-9-24-14)10-19-15(21)11-5-7-12(8-6-11)25(22,23)16(17)18/h3-9,13,16H,10H2,1-2H3,(H,19,21)/p+1/t13-/m0/s1. The van der Waals surface area contributed by atoms with Crippen molar-refractivity contribution in [3.05, 3.63) is 54.0 Å². The summed E-state index contributed by atoms with van der Waals surface area (Å²) in [5, 5.41) is 2.73. The van der Waals surface area contributed by atoms with Crippen molar-refractivity contribution < 1.29 is 31.3 Å². The van der Waals surface area contributed by atoms with E-state index in [0.717, 1.165) is 22.8 Å². The van der Waals surface area contributed by atoms with Gasteiger partial charge in [0.05, 0.1) is 31.8 Å². The zero-order valence-corrected chi connectivity index (χ0v) is 14.5. The Hall–Kier alpha value is -2.26. The Labute approximate surface area is 144 Å². The summed E-state index contributed by atoms with van der Waals surface area (Å²) in [6, 6.07) is 7.87. The van der Waals surface area contributed by atoms with Gasteiger partial charge in [-0.05, 0) is 36.4 Å². The van der Waals surface area contributed by atoms with E-state index in [-0.39, 0.29) is 11.6 Å². The van der Waals surface area contributed by atoms with Crippen LogP contribution < -0.4 is 10.2 Å². The Balaban J connectivity index is 2.06. The van der Waals surface area contributed by atoms with E-state index in [4.69, 9.17) is 4.42 Å². The van der Waals surface area contributed by atoms with Gasteiger partial charge in [0.2, 0.25) is 9.84 Å². The first-order valence-electron chi connectivity index (χ1n) is 7.47. The maximum absolute atomic E-state index is 12.5. The smallest absolute Gasteiger partial charge is 0.341 e. The molecule has 25 heavy (non-hydrogen) atoms. The first-order chi connectivity index (χ1) is 11.7. The van der Waals surface area contributed by atoms with Gasteiger partial charge in [0.15, 0.2) is 11.8 Å². The number of furan rings is 1. The topological polar surface area (TPSA) is 80.8 Å². The molecule has 1 aromatic carbocycles. The number of halogens is 2. The van der Waals surface area contributed by atoms with Crippen molar-refractivity contribution in [3.8, 4) is 0 Å². The molecule has 0 aliphatic rings. The molecule has 0 aliphatic heterocycles. The summed E-state index contributed by atoms with van der Waals surface area (Å²) in [6.07, 6.45) is 1.55. The van der Waals surface area contributed by atoms with E-state index in [1.165, 1.54) is 12.1 Å². The molecule has 2 rings (SSSR count). The second kappa shape index (κ2) is 7.75. The van der Waals surface area contributed by atoms with Gasteiger partial charge >= 0.3 is 5.76 Å². The van der Waals surface area contributed by atoms with Gasteiger partial charge < -0.3 is 14.6 Å². The number of carbonyl (C=O) groups excluding carboxylic acids is 1. The maximum atomic E-state index is 12.5. The van der Waals surface area contributed by atoms with E-state index >= 15 is 0 Å². The largest absolute Gasteiger partial charge is 0.463 e. The van der Waals surface area contributed by atoms with Gasteiger partial charge in [-0.25, -0.2) is 8.42 Å². The monoisotopic (exact) mass is 373 g/mol. The lowest BCUT2D eigenvalue weighted by Gasteiger charge is -2.19. The minimum Gasteiger partial charge on any atom is -0.463 e. The molecule has 136 valence electrons. The molecule has 9 heteroatoms. The van der Waals surface area contributed by atoms with Crippen LogP contribution >= 0.6 is 0 Å². The average Bonchev–Trinajstić information content (AvgIpc) is 3.08. The molecule has 0 bridgehead atoms. The van der Waals surface area contributed by atoms with Crippen LogP contribution in [0, 0.1) is 0 Å². The van der Waals surface area contributed by atoms with Crippen LogP contribution in [0.15, 0.2) is 52.0 Å². The van der Waals surface area contributed by atoms with Crippen molar-refractivity contribution in [3.63, 3.8) is 0 Å². The quantitative estimate of drug-likeness (QED) is 0.755. The fraction of sp³-hybridized carbons (Fsp3) is 0.312. The molecular formula is C16H19F2N2O4S+. The van der Waals surface area contributed by atoms with Crippen LogP contribution in [0.25, 0.3) is 0 Å². The second-order valence-corrected chi connectivity index (χ2v) is 7.60. The number of sulfone groups is 1. The van der Waals surface area contributed by atoms with E-state index in [9.17, 15) is 22.0 Å². The number of hydrogen-bond acceptors (Lipinski definition) is 4. The van der Waals surface area contributed by atoms with Crippen molar-refractivity contribution in [1.82, 2.24) is 5.32 Å². The molecule has 2 aromatic rings. The lowest BCUT2D eigenvalue weighted by atomic mass is 10.2. The van der Waals surface area contributed by atoms with Crippen molar-refractivity contribution in [2.45, 2.75) is 16.7 Å². The van der Waals surface area contributed by atoms with E-state index < -0.39 is 26.4 Å². The van der Waals surface area contributed by atoms with Crippen LogP contribution in [0.2, 0.25) is 0 Å². The van der Waals surface area contributed by atoms with Gasteiger partial charge in [0.1, 0.15) is 0 Å². The number of nitrogens with one attached hydrogen (secondary N) is 2. The van der Waals surface area contributed by atoms with Crippen LogP contribution in [-0.2, 0) is 9.84 Å². The van der Waals surface area contributed by atoms with Crippen molar-refractivity contribution >= 4 is 15.7 Å². The van der Waals surface area contributed by atoms with Gasteiger partial charge in [0, 0.05) is 5.56 Å². The zero-order chi connectivity index (χ0) is 18.6. The minimum absolute atomic E-state index is 0.0996. The molecule has 1 atom stereocenters. The first-order valence-corrected chi connectivity index (χ1v) is 9.02. The van der Waals surface area contributed by atoms with Crippen LogP contribution in [0.4, 0.5) is 8.78 Å². The van der Waals surface area contributed by atoms with E-state index in [1.54, 1.807) is 12.3 Å². The number of rotatable bonds is 7. The third kappa shape index (κ3) is 4.43. The third-order valence-corrected chi connectivity index (χ3v) is 5.13. The highest BCUT2D eigenvalue weighted by Crippen LogP contribution is 2.18. The fourth-order valence-electron chi connectivity index (χ4n) is 2.27. The number of amides is 1. The molecule has 2 N–H and O–H groups in total. The van der Waals surface area contributed by atoms with Crippen molar-refractivity contribution in [2.24, 2.45) is 0 Å². The molecule has 1 heterocycles. The van der Waals surface area contributed by atoms with Gasteiger partial charge in [-0.2, -0.15) is 8.78 Å². The summed E-state index contributed by atoms with van der Waals surface area (Å²) in [5.41, 5.74) is 0.181. The number of quaternary nitrogens is 1. The van der Waals surface area contributed by atoms with Crippen LogP contribution in [0.3, 0.4) is 0 Å². The highest BCUT2D eigenvalue weighted by molar-refractivity contribution is 7.91. The molecular weight excluding hydrogens is 354 g/mol. The minimum atomic E-state index is -4.67. The average molecular weight is 373 g/mol. The van der Waals surface area contributed by atoms with E-state index in [1.807, 2.05) is 20.2 Å². The first kappa shape index (κ1) is 19.1. The highest BCUT2D eigenvalue weighted by atomic mass is 32.2. The van der Waals surface area contributed by atoms with Gasteiger partial charge in [-0.15, -0.1) is 0 Å². The third-order valence-electron chi connectivity index (χ3n) is 3.73. The van der Waals surface area contributed by atoms with Crippen molar-refractivity contribution in [2.75, 3.05) is 20.6 Å². The number of hydrogen-bond donors (Lipinski definition) is 2. The fourth-order valence-corrected chi connectivity index (χ4v) is 3.00. The summed E-state index contributed by atoms with van der Waals surface area (Å²) in [4.78, 5) is 12.7. The highest BCUT2D eigenvalue weighted by Gasteiger charge is 2.27. The van der Waals surface area contributed by atoms with Gasteiger partial charge in [-0.3, -0.25) is 4.79 Å². The van der Waals surface area contributed by atoms with Crippen LogP contribution in [-0.4, -0.2) is 40.7 Å². The van der Waals surface area contributed by atoms with Gasteiger partial charge in [0.25, 0.3) is 5.91 Å². The molecule has 0 radical (unpaired) electrons. The SMILES string of the molecule is C[NH+](C)[C@@H](CNC(=O)c1ccc(S(=O)(=O)C(F)F)cc1)c1ccco1. The van der Waals surface area contributed by atoms with E-state index in [0.29, 0.717) is 6.54 Å². The summed E-state index contributed by atoms with van der Waals surface area (Å²) in [6.45, 7) is 0.297. The Morgan fingerprint density at radius 3 is 2.32 bits per heavy atom. The lowest BCUT2D eigenvalue weighted by molar-refractivity contribution is -0.891. The molecule has 1 aromatic heterocycles. The zero-order valence-electron chi connectivity index (χ0n) is 13.7. The predicted octanol–water partition coefficient (Wildman–Crippen LogP) is 0.892. The molecule has 0 aliphatic carbocycles. The molecule has 1 amide bonds. The Kier molecular flexibility index (Phi) is 5.91. The molecule has 0 saturated carbocycles.